The Morgan fingerprint density at radius 3 is 1.48 bits per heavy atom. The Balaban J connectivity index is 0.971. The summed E-state index contributed by atoms with van der Waals surface area (Å²) < 4.78 is 22.3. The van der Waals surface area contributed by atoms with Gasteiger partial charge in [0.05, 0.1) is 50.1 Å². The average Bonchev–Trinajstić information content (AvgIpc) is 4.10. The molecule has 0 bridgehead atoms. The van der Waals surface area contributed by atoms with Gasteiger partial charge in [0.15, 0.2) is 0 Å². The van der Waals surface area contributed by atoms with Crippen molar-refractivity contribution in [2.24, 2.45) is 11.8 Å². The third-order valence-corrected chi connectivity index (χ3v) is 12.0. The van der Waals surface area contributed by atoms with E-state index in [9.17, 15) is 19.2 Å². The molecular formula is C44H52N8O8. The summed E-state index contributed by atoms with van der Waals surface area (Å²) in [6, 6.07) is 10.3. The van der Waals surface area contributed by atoms with Gasteiger partial charge in [-0.2, -0.15) is 0 Å². The summed E-state index contributed by atoms with van der Waals surface area (Å²) in [5, 5.41) is 5.40. The predicted octanol–water partition coefficient (Wildman–Crippen LogP) is 6.25. The number of nitrogens with zero attached hydrogens (tertiary/aromatic N) is 4. The van der Waals surface area contributed by atoms with Gasteiger partial charge >= 0.3 is 12.2 Å². The fourth-order valence-corrected chi connectivity index (χ4v) is 8.76. The van der Waals surface area contributed by atoms with Crippen LogP contribution in [0, 0.1) is 11.8 Å². The molecule has 4 N–H and O–H groups in total. The van der Waals surface area contributed by atoms with Crippen molar-refractivity contribution in [2.75, 3.05) is 40.5 Å². The predicted molar refractivity (Wildman–Crippen MR) is 222 cm³/mol. The number of hydrogen-bond acceptors (Lipinski definition) is 10. The van der Waals surface area contributed by atoms with Crippen molar-refractivity contribution < 1.29 is 38.1 Å². The van der Waals surface area contributed by atoms with Gasteiger partial charge in [-0.05, 0) is 49.7 Å². The van der Waals surface area contributed by atoms with E-state index < -0.39 is 24.3 Å². The topological polar surface area (TPSA) is 193 Å². The molecule has 4 aliphatic heterocycles. The van der Waals surface area contributed by atoms with Gasteiger partial charge in [0.2, 0.25) is 11.8 Å². The number of carbonyl (C=O) groups is 4. The molecule has 6 heterocycles. The van der Waals surface area contributed by atoms with Gasteiger partial charge in [0, 0.05) is 46.5 Å². The first-order chi connectivity index (χ1) is 28.9. The van der Waals surface area contributed by atoms with E-state index in [1.54, 1.807) is 22.2 Å². The second-order valence-electron chi connectivity index (χ2n) is 16.4. The summed E-state index contributed by atoms with van der Waals surface area (Å²) in [6.07, 6.45) is 5.49. The van der Waals surface area contributed by atoms with E-state index in [4.69, 9.17) is 28.9 Å². The van der Waals surface area contributed by atoms with E-state index >= 15 is 0 Å². The summed E-state index contributed by atoms with van der Waals surface area (Å²) in [7, 11) is 2.57. The third kappa shape index (κ3) is 7.66. The van der Waals surface area contributed by atoms with Crippen LogP contribution in [0.25, 0.3) is 33.7 Å². The van der Waals surface area contributed by atoms with Crippen LogP contribution < -0.4 is 20.1 Å². The minimum Gasteiger partial charge on any atom is -0.488 e. The quantitative estimate of drug-likeness (QED) is 0.142. The van der Waals surface area contributed by atoms with Crippen LogP contribution >= 0.6 is 0 Å². The molecule has 16 nitrogen and oxygen atoms in total. The Morgan fingerprint density at radius 2 is 1.10 bits per heavy atom. The Bertz CT molecular complexity index is 2170. The number of imidazole rings is 2. The second kappa shape index (κ2) is 16.7. The lowest BCUT2D eigenvalue weighted by molar-refractivity contribution is -0.136. The third-order valence-electron chi connectivity index (χ3n) is 12.0. The van der Waals surface area contributed by atoms with Crippen molar-refractivity contribution in [3.63, 3.8) is 0 Å². The molecule has 16 heteroatoms. The molecule has 0 aliphatic carbocycles. The molecule has 316 valence electrons. The van der Waals surface area contributed by atoms with Gasteiger partial charge in [0.25, 0.3) is 0 Å². The normalized spacial score (nSPS) is 19.2. The van der Waals surface area contributed by atoms with Gasteiger partial charge in [-0.25, -0.2) is 19.6 Å². The Labute approximate surface area is 348 Å². The van der Waals surface area contributed by atoms with Crippen LogP contribution in [-0.4, -0.2) is 106 Å². The zero-order chi connectivity index (χ0) is 42.2. The summed E-state index contributed by atoms with van der Waals surface area (Å²) >= 11 is 0. The molecule has 4 aromatic rings. The summed E-state index contributed by atoms with van der Waals surface area (Å²) in [6.45, 7) is 9.51. The maximum atomic E-state index is 13.6. The molecule has 2 unspecified atom stereocenters. The highest BCUT2D eigenvalue weighted by Crippen LogP contribution is 2.45. The maximum absolute atomic E-state index is 13.6. The molecule has 60 heavy (non-hydrogen) atoms. The Morgan fingerprint density at radius 1 is 0.683 bits per heavy atom. The number of methoxy groups -OCH3 is 2. The number of H-pyrrole nitrogens is 2. The number of rotatable bonds is 10. The molecule has 0 radical (unpaired) electrons. The average molecular weight is 821 g/mol. The number of benzene rings is 2. The minimum absolute atomic E-state index is 0.120. The van der Waals surface area contributed by atoms with E-state index in [-0.39, 0.29) is 35.7 Å². The molecule has 2 aromatic carbocycles. The van der Waals surface area contributed by atoms with E-state index in [2.05, 4.69) is 32.7 Å². The SMILES string of the molecule is COC(=O)NC(C(=O)N1CCC[C@H]1c1ncc(-c2ccc3c(c2)OCC2=C3COc3cc(-c4cnc(C5CCCN5C(=O)[C@@H](NC(=O)OC)C(C)C)[nH]4)ccc32)[nH]1)C(C)C. The number of likely N-dealkylation sites (tertiary alicyclic amines) is 2. The molecule has 4 atom stereocenters. The summed E-state index contributed by atoms with van der Waals surface area (Å²) in [5.74, 6) is 2.35. The fourth-order valence-electron chi connectivity index (χ4n) is 8.76. The smallest absolute Gasteiger partial charge is 0.407 e. The zero-order valence-electron chi connectivity index (χ0n) is 34.8. The number of ether oxygens (including phenoxy) is 4. The Hall–Kier alpha value is -6.32. The van der Waals surface area contributed by atoms with Crippen LogP contribution in [-0.2, 0) is 19.1 Å². The van der Waals surface area contributed by atoms with Crippen molar-refractivity contribution in [1.29, 1.82) is 0 Å². The van der Waals surface area contributed by atoms with E-state index in [0.717, 1.165) is 82.0 Å². The van der Waals surface area contributed by atoms with Gasteiger partial charge in [0.1, 0.15) is 48.4 Å². The lowest BCUT2D eigenvalue weighted by Crippen LogP contribution is -2.51. The monoisotopic (exact) mass is 820 g/mol. The van der Waals surface area contributed by atoms with Crippen molar-refractivity contribution >= 4 is 35.1 Å². The number of fused-ring (bicyclic) bond motifs is 4. The zero-order valence-corrected chi connectivity index (χ0v) is 34.8. The van der Waals surface area contributed by atoms with Gasteiger partial charge in [-0.1, -0.05) is 52.0 Å². The van der Waals surface area contributed by atoms with Gasteiger partial charge < -0.3 is 49.3 Å². The van der Waals surface area contributed by atoms with Crippen molar-refractivity contribution in [1.82, 2.24) is 40.4 Å². The van der Waals surface area contributed by atoms with Crippen LogP contribution in [0.15, 0.2) is 48.8 Å². The highest BCUT2D eigenvalue weighted by molar-refractivity contribution is 5.98. The molecule has 0 spiro atoms. The summed E-state index contributed by atoms with van der Waals surface area (Å²) in [5.41, 5.74) is 7.52. The minimum atomic E-state index is -0.705. The number of alkyl carbamates (subject to hydrolysis) is 2. The van der Waals surface area contributed by atoms with Crippen LogP contribution in [0.4, 0.5) is 9.59 Å². The molecule has 4 amide bonds. The number of amides is 4. The lowest BCUT2D eigenvalue weighted by Gasteiger charge is -2.30. The molecular weight excluding hydrogens is 769 g/mol. The molecule has 2 aromatic heterocycles. The maximum Gasteiger partial charge on any atom is 0.407 e. The number of carbonyl (C=O) groups excluding carboxylic acids is 4. The number of aromatic nitrogens is 4. The lowest BCUT2D eigenvalue weighted by atomic mass is 9.89. The highest BCUT2D eigenvalue weighted by atomic mass is 16.5. The van der Waals surface area contributed by atoms with Crippen molar-refractivity contribution in [2.45, 2.75) is 77.5 Å². The van der Waals surface area contributed by atoms with E-state index in [0.29, 0.717) is 38.0 Å². The first-order valence-corrected chi connectivity index (χ1v) is 20.6. The first-order valence-electron chi connectivity index (χ1n) is 20.6. The van der Waals surface area contributed by atoms with Crippen LogP contribution in [0.1, 0.15) is 88.2 Å². The van der Waals surface area contributed by atoms with Gasteiger partial charge in [-0.3, -0.25) is 9.59 Å². The first kappa shape index (κ1) is 40.5. The van der Waals surface area contributed by atoms with Crippen LogP contribution in [0.3, 0.4) is 0 Å². The summed E-state index contributed by atoms with van der Waals surface area (Å²) in [4.78, 5) is 71.2. The number of nitrogens with one attached hydrogen (secondary N) is 4. The molecule has 8 rings (SSSR count). The highest BCUT2D eigenvalue weighted by Gasteiger charge is 2.39. The number of aromatic amines is 2. The molecule has 4 aliphatic rings. The van der Waals surface area contributed by atoms with Crippen molar-refractivity contribution in [3.8, 4) is 34.0 Å². The van der Waals surface area contributed by atoms with Gasteiger partial charge in [-0.15, -0.1) is 0 Å². The van der Waals surface area contributed by atoms with Crippen LogP contribution in [0.2, 0.25) is 0 Å². The van der Waals surface area contributed by atoms with E-state index in [1.165, 1.54) is 14.2 Å². The fraction of sp³-hybridized carbons (Fsp3) is 0.455. The molecule has 2 fully saturated rings. The Kier molecular flexibility index (Phi) is 11.3. The largest absolute Gasteiger partial charge is 0.488 e. The van der Waals surface area contributed by atoms with Crippen LogP contribution in [0.5, 0.6) is 11.5 Å². The standard InChI is InChI=1S/C44H52N8O8/c1-23(2)37(49-43(55)57-5)41(53)51-15-7-9-33(51)39-45-19-31(47-39)25-11-13-27-29-22-60-36-18-26(12-14-28(36)30(29)21-59-35(27)17-25)32-20-46-40(48-32)34-10-8-16-52(34)42(54)38(24(3)4)50-44(56)58-6/h11-14,17-20,23-24,33-34,37-38H,7-10,15-16,21-22H2,1-6H3,(H,45,47)(H,46,48)(H,49,55)(H,50,56)/t33-,34?,37?,38-/m0/s1. The molecule has 2 saturated heterocycles. The second-order valence-corrected chi connectivity index (χ2v) is 16.4. The molecule has 0 saturated carbocycles. The van der Waals surface area contributed by atoms with E-state index in [1.807, 2.05) is 52.0 Å². The van der Waals surface area contributed by atoms with Crippen molar-refractivity contribution in [3.05, 3.63) is 71.6 Å². The number of hydrogen-bond donors (Lipinski definition) is 4.